The zero-order valence-electron chi connectivity index (χ0n) is 20.9. The van der Waals surface area contributed by atoms with Gasteiger partial charge in [0.15, 0.2) is 5.82 Å². The summed E-state index contributed by atoms with van der Waals surface area (Å²) in [5, 5.41) is 3.65. The topological polar surface area (TPSA) is 114 Å². The number of halogens is 4. The predicted molar refractivity (Wildman–Crippen MR) is 137 cm³/mol. The molecule has 208 valence electrons. The van der Waals surface area contributed by atoms with Gasteiger partial charge in [0, 0.05) is 38.2 Å². The van der Waals surface area contributed by atoms with Crippen molar-refractivity contribution in [3.8, 4) is 0 Å². The van der Waals surface area contributed by atoms with Crippen molar-refractivity contribution in [2.45, 2.75) is 56.5 Å². The second-order valence-corrected chi connectivity index (χ2v) is 12.0. The van der Waals surface area contributed by atoms with Crippen molar-refractivity contribution < 1.29 is 31.1 Å². The molecule has 0 radical (unpaired) electrons. The minimum Gasteiger partial charge on any atom is -0.381 e. The molecule has 0 unspecified atom stereocenters. The Kier molecular flexibility index (Phi) is 8.10. The highest BCUT2D eigenvalue weighted by Crippen LogP contribution is 2.50. The summed E-state index contributed by atoms with van der Waals surface area (Å²) in [5.41, 5.74) is -6.24. The molecule has 0 atom stereocenters. The van der Waals surface area contributed by atoms with E-state index in [0.29, 0.717) is 47.7 Å². The highest BCUT2D eigenvalue weighted by Gasteiger charge is 2.56. The lowest BCUT2D eigenvalue weighted by molar-refractivity contribution is -0.122. The third kappa shape index (κ3) is 6.15. The number of nitrogens with zero attached hydrogens (tertiary/aromatic N) is 3. The van der Waals surface area contributed by atoms with Crippen molar-refractivity contribution in [3.63, 3.8) is 0 Å². The number of alkyl halides is 3. The van der Waals surface area contributed by atoms with Gasteiger partial charge < -0.3 is 15.0 Å². The van der Waals surface area contributed by atoms with Crippen LogP contribution in [0.3, 0.4) is 0 Å². The number of pyridine rings is 2. The molecule has 0 aromatic carbocycles. The zero-order chi connectivity index (χ0) is 27.7. The molecule has 1 aliphatic heterocycles. The number of carbonyl (C=O) groups excluding carboxylic acids is 1. The smallest absolute Gasteiger partial charge is 0.381 e. The number of carbonyl (C=O) groups is 1. The highest BCUT2D eigenvalue weighted by molar-refractivity contribution is 7.90. The lowest BCUT2D eigenvalue weighted by Gasteiger charge is -2.37. The summed E-state index contributed by atoms with van der Waals surface area (Å²) in [6.07, 6.45) is 4.84. The van der Waals surface area contributed by atoms with Gasteiger partial charge in [-0.15, -0.1) is 0 Å². The van der Waals surface area contributed by atoms with E-state index in [-0.39, 0.29) is 24.8 Å². The summed E-state index contributed by atoms with van der Waals surface area (Å²) in [7, 11) is -5.84. The van der Waals surface area contributed by atoms with E-state index in [1.54, 1.807) is 18.2 Å². The van der Waals surface area contributed by atoms with E-state index < -0.39 is 26.9 Å². The summed E-state index contributed by atoms with van der Waals surface area (Å²) < 4.78 is 68.7. The normalized spacial score (nSPS) is 17.8. The molecule has 9 nitrogen and oxygen atoms in total. The fourth-order valence-corrected chi connectivity index (χ4v) is 5.14. The quantitative estimate of drug-likeness (QED) is 0.449. The third-order valence-corrected chi connectivity index (χ3v) is 7.88. The third-order valence-electron chi connectivity index (χ3n) is 6.59. The molecular weight excluding hydrogens is 547 g/mol. The number of amides is 1. The molecule has 1 amide bonds. The molecule has 1 saturated heterocycles. The Labute approximate surface area is 224 Å². The van der Waals surface area contributed by atoms with E-state index in [1.165, 1.54) is 17.1 Å². The lowest BCUT2D eigenvalue weighted by Crippen LogP contribution is -2.45. The van der Waals surface area contributed by atoms with Gasteiger partial charge in [-0.25, -0.2) is 14.7 Å². The van der Waals surface area contributed by atoms with Crippen molar-refractivity contribution in [1.82, 2.24) is 14.7 Å². The molecule has 4 rings (SSSR count). The van der Waals surface area contributed by atoms with Gasteiger partial charge in [-0.05, 0) is 55.4 Å². The van der Waals surface area contributed by atoms with E-state index in [4.69, 9.17) is 16.3 Å². The van der Waals surface area contributed by atoms with Crippen LogP contribution < -0.4 is 14.9 Å². The van der Waals surface area contributed by atoms with Gasteiger partial charge in [0.25, 0.3) is 0 Å². The molecule has 3 heterocycles. The molecule has 2 aromatic heterocycles. The number of ether oxygens (including phenoxy) is 1. The Hall–Kier alpha value is -2.64. The standard InChI is InChI=1S/C24H29ClF3N5O4S/c1-15(2)14-33(18-5-9-37-10-6-18)21-19(31-20-4-3-17(25)13-29-20)11-16(12-30-21)23(7-8-23)22(34)32-38(35,36)24(26,27)28/h3-4,11-13,15,18H,5-10,14H2,1-2H3,(H,29,31)(H,32,34). The van der Waals surface area contributed by atoms with Crippen LogP contribution in [0.1, 0.15) is 45.1 Å². The number of nitrogens with one attached hydrogen (secondary N) is 2. The predicted octanol–water partition coefficient (Wildman–Crippen LogP) is 4.51. The maximum absolute atomic E-state index is 12.9. The number of anilines is 3. The second-order valence-electron chi connectivity index (χ2n) is 9.93. The van der Waals surface area contributed by atoms with Crippen molar-refractivity contribution in [2.75, 3.05) is 30.0 Å². The largest absolute Gasteiger partial charge is 0.516 e. The fourth-order valence-electron chi connectivity index (χ4n) is 4.48. The minimum absolute atomic E-state index is 0.137. The number of hydrogen-bond donors (Lipinski definition) is 2. The Morgan fingerprint density at radius 1 is 1.21 bits per heavy atom. The molecular formula is C24H29ClF3N5O4S. The van der Waals surface area contributed by atoms with Gasteiger partial charge in [0.2, 0.25) is 5.91 Å². The van der Waals surface area contributed by atoms with Crippen LogP contribution >= 0.6 is 11.6 Å². The van der Waals surface area contributed by atoms with Crippen LogP contribution in [0.2, 0.25) is 5.02 Å². The summed E-state index contributed by atoms with van der Waals surface area (Å²) >= 11 is 5.97. The number of rotatable bonds is 9. The van der Waals surface area contributed by atoms with Gasteiger partial charge in [-0.3, -0.25) is 4.79 Å². The van der Waals surface area contributed by atoms with Crippen LogP contribution in [-0.4, -0.2) is 55.6 Å². The van der Waals surface area contributed by atoms with Crippen molar-refractivity contribution in [2.24, 2.45) is 5.92 Å². The molecule has 1 saturated carbocycles. The maximum atomic E-state index is 12.9. The van der Waals surface area contributed by atoms with Crippen LogP contribution in [0, 0.1) is 5.92 Å². The minimum atomic E-state index is -5.84. The van der Waals surface area contributed by atoms with Crippen LogP contribution in [0.5, 0.6) is 0 Å². The first-order valence-electron chi connectivity index (χ1n) is 12.2. The van der Waals surface area contributed by atoms with E-state index in [9.17, 15) is 26.4 Å². The molecule has 0 bridgehead atoms. The Morgan fingerprint density at radius 3 is 2.45 bits per heavy atom. The van der Waals surface area contributed by atoms with Crippen LogP contribution in [0.15, 0.2) is 30.6 Å². The summed E-state index contributed by atoms with van der Waals surface area (Å²) in [6.45, 7) is 6.05. The van der Waals surface area contributed by atoms with E-state index in [0.717, 1.165) is 12.8 Å². The van der Waals surface area contributed by atoms with Crippen molar-refractivity contribution in [1.29, 1.82) is 0 Å². The average Bonchev–Trinajstić information content (AvgIpc) is 3.66. The molecule has 2 N–H and O–H groups in total. The molecule has 2 aromatic rings. The molecule has 0 spiro atoms. The van der Waals surface area contributed by atoms with Crippen molar-refractivity contribution >= 4 is 44.9 Å². The zero-order valence-corrected chi connectivity index (χ0v) is 22.5. The van der Waals surface area contributed by atoms with Gasteiger partial charge in [0.1, 0.15) is 5.82 Å². The summed E-state index contributed by atoms with van der Waals surface area (Å²) in [6, 6.07) is 5.09. The van der Waals surface area contributed by atoms with Gasteiger partial charge in [-0.1, -0.05) is 25.4 Å². The van der Waals surface area contributed by atoms with Gasteiger partial charge >= 0.3 is 15.5 Å². The second kappa shape index (κ2) is 10.9. The molecule has 38 heavy (non-hydrogen) atoms. The Balaban J connectivity index is 1.74. The fraction of sp³-hybridized carbons (Fsp3) is 0.542. The Bertz CT molecular complexity index is 1260. The number of sulfonamides is 1. The first-order chi connectivity index (χ1) is 17.8. The molecule has 1 aliphatic carbocycles. The molecule has 14 heteroatoms. The van der Waals surface area contributed by atoms with E-state index >= 15 is 0 Å². The van der Waals surface area contributed by atoms with Gasteiger partial charge in [0.05, 0.1) is 16.1 Å². The Morgan fingerprint density at radius 2 is 1.89 bits per heavy atom. The number of aromatic nitrogens is 2. The van der Waals surface area contributed by atoms with Crippen LogP contribution in [-0.2, 0) is 25.0 Å². The number of hydrogen-bond acceptors (Lipinski definition) is 8. The van der Waals surface area contributed by atoms with E-state index in [1.807, 2.05) is 0 Å². The summed E-state index contributed by atoms with van der Waals surface area (Å²) in [4.78, 5) is 23.9. The summed E-state index contributed by atoms with van der Waals surface area (Å²) in [5.74, 6) is 0.0857. The lowest BCUT2D eigenvalue weighted by atomic mass is 9.96. The highest BCUT2D eigenvalue weighted by atomic mass is 35.5. The first-order valence-corrected chi connectivity index (χ1v) is 14.1. The van der Waals surface area contributed by atoms with Crippen molar-refractivity contribution in [3.05, 3.63) is 41.2 Å². The molecule has 2 aliphatic rings. The van der Waals surface area contributed by atoms with Crippen LogP contribution in [0.25, 0.3) is 0 Å². The van der Waals surface area contributed by atoms with Gasteiger partial charge in [-0.2, -0.15) is 21.6 Å². The molecule has 2 fully saturated rings. The monoisotopic (exact) mass is 575 g/mol. The average molecular weight is 576 g/mol. The van der Waals surface area contributed by atoms with Crippen LogP contribution in [0.4, 0.5) is 30.5 Å². The SMILES string of the molecule is CC(C)CN(c1ncc(C2(C(=O)NS(=O)(=O)C(F)(F)F)CC2)cc1Nc1ccc(Cl)cn1)C1CCOCC1. The van der Waals surface area contributed by atoms with E-state index in [2.05, 4.69) is 34.0 Å². The maximum Gasteiger partial charge on any atom is 0.516 e. The first kappa shape index (κ1) is 28.4.